The Morgan fingerprint density at radius 2 is 2.00 bits per heavy atom. The van der Waals surface area contributed by atoms with Crippen molar-refractivity contribution in [3.05, 3.63) is 63.5 Å². The van der Waals surface area contributed by atoms with Gasteiger partial charge in [0.25, 0.3) is 0 Å². The highest BCUT2D eigenvalue weighted by Crippen LogP contribution is 2.28. The van der Waals surface area contributed by atoms with Crippen LogP contribution in [0.15, 0.2) is 41.1 Å². The van der Waals surface area contributed by atoms with Crippen LogP contribution in [0.5, 0.6) is 0 Å². The largest absolute Gasteiger partial charge is 0.450 e. The molecule has 0 saturated heterocycles. The number of thiophene rings is 1. The van der Waals surface area contributed by atoms with E-state index in [1.165, 1.54) is 22.5 Å². The Morgan fingerprint density at radius 3 is 2.81 bits per heavy atom. The van der Waals surface area contributed by atoms with Crippen molar-refractivity contribution < 1.29 is 14.3 Å². The van der Waals surface area contributed by atoms with Gasteiger partial charge in [0, 0.05) is 10.9 Å². The third kappa shape index (κ3) is 3.34. The van der Waals surface area contributed by atoms with Crippen molar-refractivity contribution in [2.75, 3.05) is 0 Å². The lowest BCUT2D eigenvalue weighted by Gasteiger charge is -2.12. The van der Waals surface area contributed by atoms with Gasteiger partial charge in [-0.2, -0.15) is 0 Å². The second kappa shape index (κ2) is 7.13. The highest BCUT2D eigenvalue weighted by atomic mass is 32.1. The van der Waals surface area contributed by atoms with Crippen molar-refractivity contribution in [3.63, 3.8) is 0 Å². The highest BCUT2D eigenvalue weighted by Gasteiger charge is 2.23. The summed E-state index contributed by atoms with van der Waals surface area (Å²) in [5, 5.41) is 4.42. The summed E-state index contributed by atoms with van der Waals surface area (Å²) >= 11 is 2.96. The van der Waals surface area contributed by atoms with Crippen molar-refractivity contribution in [2.24, 2.45) is 0 Å². The summed E-state index contributed by atoms with van der Waals surface area (Å²) in [6, 6.07) is 9.68. The number of hydrogen-bond donors (Lipinski definition) is 0. The SMILES string of the molecule is CC(OC(=O)c1csc(-c2cccs2)n1)C(=O)c1ccc2c(c1)CCC2. The first-order chi connectivity index (χ1) is 12.6. The van der Waals surface area contributed by atoms with Gasteiger partial charge in [-0.15, -0.1) is 22.7 Å². The van der Waals surface area contributed by atoms with Gasteiger partial charge in [0.2, 0.25) is 5.78 Å². The molecule has 1 aliphatic carbocycles. The fourth-order valence-corrected chi connectivity index (χ4v) is 4.72. The lowest BCUT2D eigenvalue weighted by atomic mass is 10.0. The lowest BCUT2D eigenvalue weighted by molar-refractivity contribution is 0.0314. The molecule has 0 saturated carbocycles. The molecule has 132 valence electrons. The third-order valence-electron chi connectivity index (χ3n) is 4.48. The van der Waals surface area contributed by atoms with E-state index in [2.05, 4.69) is 4.98 Å². The van der Waals surface area contributed by atoms with Crippen LogP contribution in [-0.2, 0) is 17.6 Å². The molecule has 0 amide bonds. The quantitative estimate of drug-likeness (QED) is 0.470. The van der Waals surface area contributed by atoms with Crippen LogP contribution in [0, 0.1) is 0 Å². The average molecular weight is 383 g/mol. The van der Waals surface area contributed by atoms with E-state index < -0.39 is 12.1 Å². The molecule has 0 spiro atoms. The van der Waals surface area contributed by atoms with Gasteiger partial charge in [0.1, 0.15) is 5.01 Å². The van der Waals surface area contributed by atoms with Gasteiger partial charge in [-0.25, -0.2) is 9.78 Å². The molecule has 4 rings (SSSR count). The van der Waals surface area contributed by atoms with Gasteiger partial charge in [0.05, 0.1) is 4.88 Å². The number of aryl methyl sites for hydroxylation is 2. The summed E-state index contributed by atoms with van der Waals surface area (Å²) in [4.78, 5) is 30.3. The van der Waals surface area contributed by atoms with Crippen molar-refractivity contribution in [1.82, 2.24) is 4.98 Å². The first kappa shape index (κ1) is 17.1. The van der Waals surface area contributed by atoms with E-state index in [0.717, 1.165) is 29.1 Å². The van der Waals surface area contributed by atoms with Crippen molar-refractivity contribution in [1.29, 1.82) is 0 Å². The predicted octanol–water partition coefficient (Wildman–Crippen LogP) is 4.79. The molecule has 3 aromatic rings. The monoisotopic (exact) mass is 383 g/mol. The molecule has 0 radical (unpaired) electrons. The van der Waals surface area contributed by atoms with Crippen LogP contribution in [0.4, 0.5) is 0 Å². The molecule has 1 aliphatic rings. The zero-order valence-electron chi connectivity index (χ0n) is 14.2. The number of ether oxygens (including phenoxy) is 1. The Hall–Kier alpha value is -2.31. The van der Waals surface area contributed by atoms with Crippen LogP contribution < -0.4 is 0 Å². The third-order valence-corrected chi connectivity index (χ3v) is 6.36. The first-order valence-electron chi connectivity index (χ1n) is 8.48. The Morgan fingerprint density at radius 1 is 1.15 bits per heavy atom. The minimum Gasteiger partial charge on any atom is -0.450 e. The molecule has 0 aliphatic heterocycles. The van der Waals surface area contributed by atoms with E-state index in [9.17, 15) is 9.59 Å². The minimum absolute atomic E-state index is 0.179. The number of benzene rings is 1. The van der Waals surface area contributed by atoms with Gasteiger partial charge < -0.3 is 4.74 Å². The van der Waals surface area contributed by atoms with Gasteiger partial charge in [-0.1, -0.05) is 18.2 Å². The molecule has 0 bridgehead atoms. The van der Waals surface area contributed by atoms with E-state index in [-0.39, 0.29) is 11.5 Å². The molecule has 0 fully saturated rings. The molecule has 1 unspecified atom stereocenters. The second-order valence-electron chi connectivity index (χ2n) is 6.26. The van der Waals surface area contributed by atoms with E-state index in [4.69, 9.17) is 4.74 Å². The van der Waals surface area contributed by atoms with Gasteiger partial charge >= 0.3 is 5.97 Å². The maximum Gasteiger partial charge on any atom is 0.358 e. The fourth-order valence-electron chi connectivity index (χ4n) is 3.12. The van der Waals surface area contributed by atoms with Gasteiger partial charge in [-0.05, 0) is 54.8 Å². The number of fused-ring (bicyclic) bond motifs is 1. The number of Topliss-reactive ketones (excluding diaryl/α,β-unsaturated/α-hetero) is 1. The maximum atomic E-state index is 12.6. The smallest absolute Gasteiger partial charge is 0.358 e. The summed E-state index contributed by atoms with van der Waals surface area (Å²) in [5.41, 5.74) is 3.39. The van der Waals surface area contributed by atoms with Crippen LogP contribution in [0.3, 0.4) is 0 Å². The van der Waals surface area contributed by atoms with Crippen molar-refractivity contribution in [2.45, 2.75) is 32.3 Å². The molecular formula is C20H17NO3S2. The van der Waals surface area contributed by atoms with Crippen LogP contribution in [-0.4, -0.2) is 22.8 Å². The number of rotatable bonds is 5. The molecule has 2 aromatic heterocycles. The predicted molar refractivity (Wildman–Crippen MR) is 103 cm³/mol. The van der Waals surface area contributed by atoms with Crippen LogP contribution in [0.25, 0.3) is 9.88 Å². The van der Waals surface area contributed by atoms with E-state index in [1.54, 1.807) is 23.6 Å². The van der Waals surface area contributed by atoms with Crippen LogP contribution in [0.1, 0.15) is 45.3 Å². The number of nitrogens with zero attached hydrogens (tertiary/aromatic N) is 1. The van der Waals surface area contributed by atoms with E-state index in [1.807, 2.05) is 35.7 Å². The lowest BCUT2D eigenvalue weighted by Crippen LogP contribution is -2.24. The summed E-state index contributed by atoms with van der Waals surface area (Å²) < 4.78 is 5.36. The molecule has 2 heterocycles. The number of thiazole rings is 1. The highest BCUT2D eigenvalue weighted by molar-refractivity contribution is 7.20. The molecule has 0 N–H and O–H groups in total. The molecule has 6 heteroatoms. The van der Waals surface area contributed by atoms with Gasteiger partial charge in [0.15, 0.2) is 11.8 Å². The second-order valence-corrected chi connectivity index (χ2v) is 8.07. The number of carbonyl (C=O) groups is 2. The summed E-state index contributed by atoms with van der Waals surface area (Å²) in [6.07, 6.45) is 2.38. The molecule has 26 heavy (non-hydrogen) atoms. The number of carbonyl (C=O) groups excluding carboxylic acids is 2. The zero-order chi connectivity index (χ0) is 18.1. The van der Waals surface area contributed by atoms with Crippen molar-refractivity contribution in [3.8, 4) is 9.88 Å². The molecular weight excluding hydrogens is 366 g/mol. The van der Waals surface area contributed by atoms with Crippen LogP contribution in [0.2, 0.25) is 0 Å². The van der Waals surface area contributed by atoms with E-state index >= 15 is 0 Å². The van der Waals surface area contributed by atoms with Gasteiger partial charge in [-0.3, -0.25) is 4.79 Å². The number of ketones is 1. The average Bonchev–Trinajstić information content (AvgIpc) is 3.40. The molecule has 1 aromatic carbocycles. The Balaban J connectivity index is 1.45. The summed E-state index contributed by atoms with van der Waals surface area (Å²) in [6.45, 7) is 1.61. The van der Waals surface area contributed by atoms with Crippen LogP contribution >= 0.6 is 22.7 Å². The fraction of sp³-hybridized carbons (Fsp3) is 0.250. The Bertz CT molecular complexity index is 959. The summed E-state index contributed by atoms with van der Waals surface area (Å²) in [7, 11) is 0. The number of hydrogen-bond acceptors (Lipinski definition) is 6. The molecule has 1 atom stereocenters. The topological polar surface area (TPSA) is 56.3 Å². The Labute approximate surface area is 159 Å². The Kier molecular flexibility index (Phi) is 4.70. The normalized spacial score (nSPS) is 14.0. The van der Waals surface area contributed by atoms with E-state index in [0.29, 0.717) is 5.56 Å². The standard InChI is InChI=1S/C20H17NO3S2/c1-12(18(22)15-8-7-13-4-2-5-14(13)10-15)24-20(23)16-11-26-19(21-16)17-6-3-9-25-17/h3,6-12H,2,4-5H2,1H3. The summed E-state index contributed by atoms with van der Waals surface area (Å²) in [5.74, 6) is -0.743. The minimum atomic E-state index is -0.839. The first-order valence-corrected chi connectivity index (χ1v) is 10.2. The van der Waals surface area contributed by atoms with Crippen molar-refractivity contribution >= 4 is 34.4 Å². The molecule has 4 nitrogen and oxygen atoms in total. The number of esters is 1. The zero-order valence-corrected chi connectivity index (χ0v) is 15.9. The number of aromatic nitrogens is 1. The maximum absolute atomic E-state index is 12.6.